The Hall–Kier alpha value is -4.52. The second-order valence-electron chi connectivity index (χ2n) is 16.0. The lowest BCUT2D eigenvalue weighted by molar-refractivity contribution is -0.162. The zero-order valence-corrected chi connectivity index (χ0v) is 32.4. The fraction of sp³-hybridized carbons (Fsp3) is 0.610. The number of methoxy groups -OCH3 is 1. The maximum absolute atomic E-state index is 15.0. The van der Waals surface area contributed by atoms with Gasteiger partial charge in [-0.15, -0.1) is 0 Å². The van der Waals surface area contributed by atoms with Gasteiger partial charge in [-0.05, 0) is 84.4 Å². The van der Waals surface area contributed by atoms with Crippen molar-refractivity contribution in [2.45, 2.75) is 128 Å². The number of aryl methyl sites for hydroxylation is 1. The van der Waals surface area contributed by atoms with E-state index in [2.05, 4.69) is 11.4 Å². The molecule has 13 nitrogen and oxygen atoms in total. The van der Waals surface area contributed by atoms with Crippen molar-refractivity contribution in [1.29, 1.82) is 0 Å². The van der Waals surface area contributed by atoms with E-state index in [1.807, 2.05) is 39.8 Å². The molecule has 5 unspecified atom stereocenters. The standard InChI is InChI=1S/C41H54N4O9/c1-7-29-35-34(28-20-27(51-6)16-17-30(28)42-29)33(47)22-40(54-35)21-32-36(48)43-41(38(50)52-8-2)19-18-26(41)14-12-10-9-11-13-15-31(37(49)45(32)23-40)44(24-46)25-53-39(3,4)5/h12,14,16-17,20,24,26,31-32H,7-11,13,15,18-19,21-23,25H2,1-6H3,(H,43,48). The summed E-state index contributed by atoms with van der Waals surface area (Å²) in [6.45, 7) is 9.19. The van der Waals surface area contributed by atoms with Crippen molar-refractivity contribution in [2.75, 3.05) is 27.0 Å². The molecule has 5 atom stereocenters. The smallest absolute Gasteiger partial charge is 0.332 e. The van der Waals surface area contributed by atoms with E-state index in [1.54, 1.807) is 26.2 Å². The molecule has 1 saturated carbocycles. The zero-order chi connectivity index (χ0) is 38.8. The highest BCUT2D eigenvalue weighted by molar-refractivity contribution is 6.11. The number of rotatable bonds is 8. The molecule has 292 valence electrons. The molecule has 1 spiro atoms. The molecule has 13 heteroatoms. The Morgan fingerprint density at radius 1 is 1.15 bits per heavy atom. The maximum Gasteiger partial charge on any atom is 0.332 e. The van der Waals surface area contributed by atoms with Gasteiger partial charge in [0.1, 0.15) is 35.7 Å². The van der Waals surface area contributed by atoms with Crippen LogP contribution in [-0.2, 0) is 35.1 Å². The summed E-state index contributed by atoms with van der Waals surface area (Å²) in [5.41, 5.74) is -1.53. The number of nitrogens with zero attached hydrogens (tertiary/aromatic N) is 3. The van der Waals surface area contributed by atoms with Crippen LogP contribution in [0.25, 0.3) is 10.9 Å². The Morgan fingerprint density at radius 3 is 2.61 bits per heavy atom. The van der Waals surface area contributed by atoms with Gasteiger partial charge in [0, 0.05) is 17.7 Å². The van der Waals surface area contributed by atoms with E-state index < -0.39 is 46.6 Å². The predicted octanol–water partition coefficient (Wildman–Crippen LogP) is 5.06. The minimum absolute atomic E-state index is 0.0131. The molecule has 3 aliphatic heterocycles. The van der Waals surface area contributed by atoms with Gasteiger partial charge < -0.3 is 34.1 Å². The van der Waals surface area contributed by atoms with Crippen molar-refractivity contribution >= 4 is 40.9 Å². The lowest BCUT2D eigenvalue weighted by atomic mass is 9.66. The Balaban J connectivity index is 1.43. The van der Waals surface area contributed by atoms with Gasteiger partial charge in [-0.3, -0.25) is 19.2 Å². The first kappa shape index (κ1) is 39.2. The largest absolute Gasteiger partial charge is 0.497 e. The van der Waals surface area contributed by atoms with E-state index in [1.165, 1.54) is 9.80 Å². The average molecular weight is 747 g/mol. The number of ether oxygens (including phenoxy) is 4. The number of carbonyl (C=O) groups excluding carboxylic acids is 5. The number of benzene rings is 1. The van der Waals surface area contributed by atoms with E-state index in [4.69, 9.17) is 23.9 Å². The highest BCUT2D eigenvalue weighted by atomic mass is 16.5. The monoisotopic (exact) mass is 746 g/mol. The molecule has 1 aliphatic carbocycles. The van der Waals surface area contributed by atoms with Crippen LogP contribution >= 0.6 is 0 Å². The van der Waals surface area contributed by atoms with Crippen LogP contribution in [-0.4, -0.2) is 101 Å². The highest BCUT2D eigenvalue weighted by Crippen LogP contribution is 2.47. The van der Waals surface area contributed by atoms with Crippen LogP contribution in [0.5, 0.6) is 11.5 Å². The molecule has 0 radical (unpaired) electrons. The number of amides is 3. The first-order valence-corrected chi connectivity index (χ1v) is 19.3. The Labute approximate surface area is 317 Å². The van der Waals surface area contributed by atoms with Gasteiger partial charge in [0.25, 0.3) is 0 Å². The minimum Gasteiger partial charge on any atom is -0.497 e. The van der Waals surface area contributed by atoms with Crippen molar-refractivity contribution < 1.29 is 42.9 Å². The summed E-state index contributed by atoms with van der Waals surface area (Å²) in [6, 6.07) is 3.31. The molecule has 6 rings (SSSR count). The van der Waals surface area contributed by atoms with Crippen molar-refractivity contribution in [3.8, 4) is 11.5 Å². The second-order valence-corrected chi connectivity index (χ2v) is 16.0. The van der Waals surface area contributed by atoms with Crippen molar-refractivity contribution in [3.63, 3.8) is 0 Å². The molecule has 0 bridgehead atoms. The van der Waals surface area contributed by atoms with E-state index in [0.717, 1.165) is 19.3 Å². The molecule has 1 N–H and O–H groups in total. The molecule has 1 saturated heterocycles. The third kappa shape index (κ3) is 7.56. The fourth-order valence-electron chi connectivity index (χ4n) is 8.28. The van der Waals surface area contributed by atoms with Crippen LogP contribution in [0.15, 0.2) is 30.4 Å². The first-order chi connectivity index (χ1) is 25.8. The molecule has 4 heterocycles. The topological polar surface area (TPSA) is 154 Å². The van der Waals surface area contributed by atoms with Gasteiger partial charge >= 0.3 is 5.97 Å². The molecule has 4 aliphatic rings. The SMILES string of the molecule is CCOC(=O)C12CCC1C=CCCCCCC(N(C=O)COC(C)(C)C)C(=O)N1CC3(CC(=O)c4c(c(CC)nc5ccc(OC)cc45)O3)CC1C(=O)N2. The van der Waals surface area contributed by atoms with Gasteiger partial charge in [0.2, 0.25) is 18.2 Å². The van der Waals surface area contributed by atoms with E-state index >= 15 is 0 Å². The van der Waals surface area contributed by atoms with Gasteiger partial charge in [0.15, 0.2) is 11.5 Å². The van der Waals surface area contributed by atoms with Crippen LogP contribution in [0.3, 0.4) is 0 Å². The van der Waals surface area contributed by atoms with Crippen LogP contribution in [0, 0.1) is 5.92 Å². The number of allylic oxidation sites excluding steroid dienone is 1. The number of esters is 1. The third-order valence-corrected chi connectivity index (χ3v) is 11.3. The average Bonchev–Trinajstić information content (AvgIpc) is 3.49. The molecule has 1 aromatic heterocycles. The summed E-state index contributed by atoms with van der Waals surface area (Å²) in [7, 11) is 1.55. The first-order valence-electron chi connectivity index (χ1n) is 19.3. The summed E-state index contributed by atoms with van der Waals surface area (Å²) >= 11 is 0. The minimum atomic E-state index is -1.30. The summed E-state index contributed by atoms with van der Waals surface area (Å²) in [5.74, 6) is -1.07. The van der Waals surface area contributed by atoms with E-state index in [9.17, 15) is 24.0 Å². The van der Waals surface area contributed by atoms with Crippen LogP contribution < -0.4 is 14.8 Å². The Morgan fingerprint density at radius 2 is 1.94 bits per heavy atom. The van der Waals surface area contributed by atoms with Gasteiger partial charge in [-0.25, -0.2) is 9.78 Å². The van der Waals surface area contributed by atoms with Crippen LogP contribution in [0.4, 0.5) is 0 Å². The fourth-order valence-corrected chi connectivity index (χ4v) is 8.28. The molecule has 2 fully saturated rings. The summed E-state index contributed by atoms with van der Waals surface area (Å²) in [5, 5.41) is 3.66. The number of carbonyl (C=O) groups is 5. The van der Waals surface area contributed by atoms with E-state index in [0.29, 0.717) is 72.2 Å². The predicted molar refractivity (Wildman–Crippen MR) is 200 cm³/mol. The normalized spacial score (nSPS) is 27.4. The Bertz CT molecular complexity index is 1820. The molecule has 54 heavy (non-hydrogen) atoms. The number of hydrogen-bond donors (Lipinski definition) is 1. The molecular weight excluding hydrogens is 692 g/mol. The molecule has 2 aromatic rings. The van der Waals surface area contributed by atoms with E-state index in [-0.39, 0.29) is 44.4 Å². The summed E-state index contributed by atoms with van der Waals surface area (Å²) in [4.78, 5) is 77.9. The lowest BCUT2D eigenvalue weighted by Gasteiger charge is -2.47. The number of aromatic nitrogens is 1. The van der Waals surface area contributed by atoms with Crippen molar-refractivity contribution in [1.82, 2.24) is 20.1 Å². The van der Waals surface area contributed by atoms with Crippen LogP contribution in [0.1, 0.15) is 108 Å². The maximum atomic E-state index is 15.0. The molecule has 3 amide bonds. The number of nitrogens with one attached hydrogen (secondary N) is 1. The number of hydrogen-bond acceptors (Lipinski definition) is 10. The lowest BCUT2D eigenvalue weighted by Crippen LogP contribution is -2.67. The molecule has 1 aromatic carbocycles. The van der Waals surface area contributed by atoms with Crippen LogP contribution in [0.2, 0.25) is 0 Å². The van der Waals surface area contributed by atoms with Gasteiger partial charge in [-0.2, -0.15) is 0 Å². The number of Topliss-reactive ketones (excluding diaryl/α,β-unsaturated/α-hetero) is 1. The second kappa shape index (κ2) is 15.7. The van der Waals surface area contributed by atoms with Crippen molar-refractivity contribution in [2.24, 2.45) is 5.92 Å². The Kier molecular flexibility index (Phi) is 11.4. The molecular formula is C41H54N4O9. The van der Waals surface area contributed by atoms with Gasteiger partial charge in [0.05, 0.1) is 49.1 Å². The number of ketones is 1. The number of pyridine rings is 1. The number of fused-ring (bicyclic) bond motifs is 5. The highest BCUT2D eigenvalue weighted by Gasteiger charge is 2.59. The van der Waals surface area contributed by atoms with Crippen molar-refractivity contribution in [3.05, 3.63) is 41.6 Å². The summed E-state index contributed by atoms with van der Waals surface area (Å²) < 4.78 is 23.8. The quantitative estimate of drug-likeness (QED) is 0.168. The van der Waals surface area contributed by atoms with Gasteiger partial charge in [-0.1, -0.05) is 31.9 Å². The third-order valence-electron chi connectivity index (χ3n) is 11.3. The summed E-state index contributed by atoms with van der Waals surface area (Å²) in [6.07, 6.45) is 9.53. The zero-order valence-electron chi connectivity index (χ0n) is 32.4.